The minimum absolute atomic E-state index is 0.0866. The van der Waals surface area contributed by atoms with Gasteiger partial charge in [0.2, 0.25) is 10.0 Å². The summed E-state index contributed by atoms with van der Waals surface area (Å²) in [6, 6.07) is 16.3. The number of anilines is 2. The average Bonchev–Trinajstić information content (AvgIpc) is 2.77. The Hall–Kier alpha value is -2.94. The number of rotatable bonds is 8. The van der Waals surface area contributed by atoms with Gasteiger partial charge >= 0.3 is 0 Å². The van der Waals surface area contributed by atoms with Crippen molar-refractivity contribution in [1.82, 2.24) is 0 Å². The molecule has 0 aromatic heterocycles. The van der Waals surface area contributed by atoms with Gasteiger partial charge in [0.1, 0.15) is 11.5 Å². The number of halogens is 2. The number of carbonyl (C=O) groups excluding carboxylic acids is 1. The number of hydrogen-bond donors (Lipinski definition) is 1. The fourth-order valence-corrected chi connectivity index (χ4v) is 4.41. The van der Waals surface area contributed by atoms with E-state index in [0.29, 0.717) is 44.0 Å². The first-order valence-corrected chi connectivity index (χ1v) is 12.3. The van der Waals surface area contributed by atoms with Gasteiger partial charge < -0.3 is 14.8 Å². The number of benzene rings is 3. The van der Waals surface area contributed by atoms with Gasteiger partial charge in [0.05, 0.1) is 43.4 Å². The van der Waals surface area contributed by atoms with E-state index in [9.17, 15) is 13.2 Å². The first-order valence-electron chi connectivity index (χ1n) is 9.67. The number of amides is 1. The third-order valence-electron chi connectivity index (χ3n) is 4.76. The van der Waals surface area contributed by atoms with Gasteiger partial charge in [-0.2, -0.15) is 0 Å². The number of nitrogens with one attached hydrogen (secondary N) is 1. The van der Waals surface area contributed by atoms with Gasteiger partial charge in [-0.25, -0.2) is 8.42 Å². The Labute approximate surface area is 202 Å². The van der Waals surface area contributed by atoms with Gasteiger partial charge in [-0.1, -0.05) is 41.4 Å². The molecular weight excluding hydrogens is 487 g/mol. The summed E-state index contributed by atoms with van der Waals surface area (Å²) in [7, 11) is -0.617. The van der Waals surface area contributed by atoms with Crippen LogP contribution in [0.5, 0.6) is 11.5 Å². The SMILES string of the molecule is COc1cc(NC(=O)c2ccc(CN(c3cccc(Cl)c3)S(C)(=O)=O)cc2)c(OC)cc1Cl. The van der Waals surface area contributed by atoms with Crippen molar-refractivity contribution in [2.75, 3.05) is 30.1 Å². The fraction of sp³-hybridized carbons (Fsp3) is 0.174. The molecule has 0 aliphatic rings. The van der Waals surface area contributed by atoms with Crippen LogP contribution in [0.2, 0.25) is 10.0 Å². The Morgan fingerprint density at radius 3 is 2.21 bits per heavy atom. The van der Waals surface area contributed by atoms with Crippen molar-refractivity contribution < 1.29 is 22.7 Å². The monoisotopic (exact) mass is 508 g/mol. The number of carbonyl (C=O) groups is 1. The molecule has 10 heteroatoms. The molecule has 3 aromatic carbocycles. The molecule has 0 heterocycles. The van der Waals surface area contributed by atoms with Gasteiger partial charge in [-0.3, -0.25) is 9.10 Å². The summed E-state index contributed by atoms with van der Waals surface area (Å²) in [4.78, 5) is 12.8. The van der Waals surface area contributed by atoms with E-state index in [1.54, 1.807) is 60.7 Å². The topological polar surface area (TPSA) is 84.9 Å². The molecule has 1 amide bonds. The van der Waals surface area contributed by atoms with Crippen LogP contribution in [0.4, 0.5) is 11.4 Å². The van der Waals surface area contributed by atoms with Crippen LogP contribution in [-0.2, 0) is 16.6 Å². The summed E-state index contributed by atoms with van der Waals surface area (Å²) in [5.41, 5.74) is 1.93. The molecule has 1 N–H and O–H groups in total. The molecule has 174 valence electrons. The van der Waals surface area contributed by atoms with Crippen LogP contribution < -0.4 is 19.1 Å². The third kappa shape index (κ3) is 6.10. The number of ether oxygens (including phenoxy) is 2. The van der Waals surface area contributed by atoms with Crippen molar-refractivity contribution in [1.29, 1.82) is 0 Å². The Morgan fingerprint density at radius 2 is 1.64 bits per heavy atom. The standard InChI is InChI=1S/C23H22Cl2N2O5S/c1-31-21-13-20(22(32-2)12-19(21)25)26-23(28)16-9-7-15(8-10-16)14-27(33(3,29)30)18-6-4-5-17(24)11-18/h4-13H,14H2,1-3H3,(H,26,28). The number of nitrogens with zero attached hydrogens (tertiary/aromatic N) is 1. The van der Waals surface area contributed by atoms with Crippen molar-refractivity contribution in [2.24, 2.45) is 0 Å². The van der Waals surface area contributed by atoms with Crippen molar-refractivity contribution in [3.05, 3.63) is 81.8 Å². The van der Waals surface area contributed by atoms with Crippen molar-refractivity contribution in [2.45, 2.75) is 6.54 Å². The molecule has 0 fully saturated rings. The highest BCUT2D eigenvalue weighted by Crippen LogP contribution is 2.36. The Kier molecular flexibility index (Phi) is 7.73. The smallest absolute Gasteiger partial charge is 0.255 e. The highest BCUT2D eigenvalue weighted by Gasteiger charge is 2.19. The fourth-order valence-electron chi connectivity index (χ4n) is 3.11. The summed E-state index contributed by atoms with van der Waals surface area (Å²) in [5, 5.41) is 3.56. The maximum Gasteiger partial charge on any atom is 0.255 e. The van der Waals surface area contributed by atoms with Gasteiger partial charge in [-0.05, 0) is 35.9 Å². The molecule has 0 spiro atoms. The zero-order chi connectivity index (χ0) is 24.2. The van der Waals surface area contributed by atoms with Crippen LogP contribution in [-0.4, -0.2) is 34.8 Å². The lowest BCUT2D eigenvalue weighted by Gasteiger charge is -2.23. The molecule has 7 nitrogen and oxygen atoms in total. The summed E-state index contributed by atoms with van der Waals surface area (Å²) in [6.07, 6.45) is 1.13. The Bertz CT molecular complexity index is 1260. The number of hydrogen-bond acceptors (Lipinski definition) is 5. The molecule has 33 heavy (non-hydrogen) atoms. The lowest BCUT2D eigenvalue weighted by molar-refractivity contribution is 0.102. The molecule has 0 aliphatic heterocycles. The normalized spacial score (nSPS) is 11.1. The molecule has 0 aliphatic carbocycles. The molecular formula is C23H22Cl2N2O5S. The number of sulfonamides is 1. The largest absolute Gasteiger partial charge is 0.495 e. The maximum atomic E-state index is 12.8. The van der Waals surface area contributed by atoms with E-state index in [4.69, 9.17) is 32.7 Å². The second-order valence-electron chi connectivity index (χ2n) is 7.09. The number of methoxy groups -OCH3 is 2. The third-order valence-corrected chi connectivity index (χ3v) is 6.43. The van der Waals surface area contributed by atoms with Crippen LogP contribution in [0, 0.1) is 0 Å². The second kappa shape index (κ2) is 10.3. The minimum atomic E-state index is -3.56. The van der Waals surface area contributed by atoms with Crippen LogP contribution in [0.15, 0.2) is 60.7 Å². The second-order valence-corrected chi connectivity index (χ2v) is 9.84. The van der Waals surface area contributed by atoms with Crippen LogP contribution >= 0.6 is 23.2 Å². The molecule has 0 bridgehead atoms. The first kappa shape index (κ1) is 24.7. The van der Waals surface area contributed by atoms with E-state index in [1.165, 1.54) is 18.5 Å². The zero-order valence-corrected chi connectivity index (χ0v) is 20.5. The highest BCUT2D eigenvalue weighted by molar-refractivity contribution is 7.92. The molecule has 3 rings (SSSR count). The van der Waals surface area contributed by atoms with Gasteiger partial charge in [-0.15, -0.1) is 0 Å². The van der Waals surface area contributed by atoms with Gasteiger partial charge in [0.25, 0.3) is 5.91 Å². The molecule has 0 atom stereocenters. The van der Waals surface area contributed by atoms with Crippen molar-refractivity contribution >= 4 is 50.5 Å². The summed E-state index contributed by atoms with van der Waals surface area (Å²) >= 11 is 12.1. The van der Waals surface area contributed by atoms with E-state index in [2.05, 4.69) is 5.32 Å². The van der Waals surface area contributed by atoms with Gasteiger partial charge in [0.15, 0.2) is 0 Å². The van der Waals surface area contributed by atoms with E-state index < -0.39 is 10.0 Å². The Balaban J connectivity index is 1.80. The lowest BCUT2D eigenvalue weighted by Crippen LogP contribution is -2.29. The summed E-state index contributed by atoms with van der Waals surface area (Å²) < 4.78 is 36.4. The van der Waals surface area contributed by atoms with E-state index in [1.807, 2.05) is 0 Å². The van der Waals surface area contributed by atoms with E-state index in [-0.39, 0.29) is 12.5 Å². The predicted octanol–water partition coefficient (Wildman–Crippen LogP) is 5.23. The zero-order valence-electron chi connectivity index (χ0n) is 18.1. The summed E-state index contributed by atoms with van der Waals surface area (Å²) in [6.45, 7) is 0.0866. The summed E-state index contributed by atoms with van der Waals surface area (Å²) in [5.74, 6) is 0.403. The molecule has 0 radical (unpaired) electrons. The van der Waals surface area contributed by atoms with E-state index in [0.717, 1.165) is 6.26 Å². The first-order chi connectivity index (χ1) is 15.6. The van der Waals surface area contributed by atoms with Crippen LogP contribution in [0.1, 0.15) is 15.9 Å². The maximum absolute atomic E-state index is 12.8. The van der Waals surface area contributed by atoms with Gasteiger partial charge in [0, 0.05) is 22.7 Å². The molecule has 3 aromatic rings. The minimum Gasteiger partial charge on any atom is -0.495 e. The predicted molar refractivity (Wildman–Crippen MR) is 131 cm³/mol. The van der Waals surface area contributed by atoms with Crippen molar-refractivity contribution in [3.8, 4) is 11.5 Å². The average molecular weight is 509 g/mol. The molecule has 0 saturated heterocycles. The molecule has 0 unspecified atom stereocenters. The lowest BCUT2D eigenvalue weighted by atomic mass is 10.1. The van der Waals surface area contributed by atoms with Crippen LogP contribution in [0.25, 0.3) is 0 Å². The Morgan fingerprint density at radius 1 is 0.970 bits per heavy atom. The molecule has 0 saturated carbocycles. The highest BCUT2D eigenvalue weighted by atomic mass is 35.5. The van der Waals surface area contributed by atoms with Crippen LogP contribution in [0.3, 0.4) is 0 Å². The van der Waals surface area contributed by atoms with Crippen molar-refractivity contribution in [3.63, 3.8) is 0 Å². The van der Waals surface area contributed by atoms with E-state index >= 15 is 0 Å². The quantitative estimate of drug-likeness (QED) is 0.450.